The molecular formula is C19H20O. The van der Waals surface area contributed by atoms with E-state index in [1.54, 1.807) is 0 Å². The number of benzene rings is 1. The molecule has 0 amide bonds. The van der Waals surface area contributed by atoms with Gasteiger partial charge < -0.3 is 0 Å². The molecule has 0 spiro atoms. The van der Waals surface area contributed by atoms with Gasteiger partial charge in [-0.3, -0.25) is 4.79 Å². The molecule has 20 heavy (non-hydrogen) atoms. The van der Waals surface area contributed by atoms with Gasteiger partial charge in [-0.15, -0.1) is 0 Å². The number of rotatable bonds is 2. The van der Waals surface area contributed by atoms with Gasteiger partial charge in [0, 0.05) is 11.8 Å². The maximum Gasteiger partial charge on any atom is 0.163 e. The average molecular weight is 264 g/mol. The van der Waals surface area contributed by atoms with Crippen LogP contribution in [0.25, 0.3) is 0 Å². The summed E-state index contributed by atoms with van der Waals surface area (Å²) in [6, 6.07) is 10.5. The summed E-state index contributed by atoms with van der Waals surface area (Å²) in [6.07, 6.45) is 9.48. The molecule has 1 aromatic rings. The van der Waals surface area contributed by atoms with Gasteiger partial charge in [0.15, 0.2) is 5.78 Å². The number of hydrogen-bond donors (Lipinski definition) is 0. The summed E-state index contributed by atoms with van der Waals surface area (Å²) in [5.74, 6) is 0.967. The Morgan fingerprint density at radius 1 is 1.05 bits per heavy atom. The van der Waals surface area contributed by atoms with Crippen LogP contribution in [-0.4, -0.2) is 5.78 Å². The second kappa shape index (κ2) is 5.24. The highest BCUT2D eigenvalue weighted by atomic mass is 16.1. The molecule has 102 valence electrons. The monoisotopic (exact) mass is 264 g/mol. The molecule has 0 saturated heterocycles. The Balaban J connectivity index is 2.01. The van der Waals surface area contributed by atoms with E-state index >= 15 is 0 Å². The molecule has 0 N–H and O–H groups in total. The summed E-state index contributed by atoms with van der Waals surface area (Å²) in [5, 5.41) is 0. The molecule has 0 radical (unpaired) electrons. The van der Waals surface area contributed by atoms with Gasteiger partial charge in [-0.1, -0.05) is 60.2 Å². The summed E-state index contributed by atoms with van der Waals surface area (Å²) >= 11 is 0. The third kappa shape index (κ3) is 2.07. The smallest absolute Gasteiger partial charge is 0.163 e. The molecule has 3 atom stereocenters. The van der Waals surface area contributed by atoms with E-state index in [0.29, 0.717) is 11.7 Å². The number of hydrogen-bond acceptors (Lipinski definition) is 1. The van der Waals surface area contributed by atoms with Crippen LogP contribution in [0, 0.1) is 11.8 Å². The predicted molar refractivity (Wildman–Crippen MR) is 82.4 cm³/mol. The minimum Gasteiger partial charge on any atom is -0.294 e. The van der Waals surface area contributed by atoms with Gasteiger partial charge in [0.1, 0.15) is 0 Å². The largest absolute Gasteiger partial charge is 0.294 e. The molecule has 2 aliphatic rings. The summed E-state index contributed by atoms with van der Waals surface area (Å²) in [4.78, 5) is 12.7. The number of ketones is 1. The van der Waals surface area contributed by atoms with Crippen LogP contribution in [-0.2, 0) is 4.79 Å². The predicted octanol–water partition coefficient (Wildman–Crippen LogP) is 4.44. The fourth-order valence-corrected chi connectivity index (χ4v) is 3.52. The van der Waals surface area contributed by atoms with E-state index in [1.165, 1.54) is 11.1 Å². The number of carbonyl (C=O) groups is 1. The quantitative estimate of drug-likeness (QED) is 0.772. The van der Waals surface area contributed by atoms with Gasteiger partial charge in [-0.2, -0.15) is 0 Å². The molecule has 0 heterocycles. The van der Waals surface area contributed by atoms with E-state index in [1.807, 2.05) is 13.0 Å². The SMILES string of the molecule is CC1=C(C)[C@@H](c2ccccc2)[C@@H]([C@H]2C=CC=CC2)C1=O. The maximum absolute atomic E-state index is 12.7. The van der Waals surface area contributed by atoms with Crippen LogP contribution >= 0.6 is 0 Å². The van der Waals surface area contributed by atoms with Crippen LogP contribution < -0.4 is 0 Å². The first-order valence-electron chi connectivity index (χ1n) is 7.30. The van der Waals surface area contributed by atoms with E-state index in [4.69, 9.17) is 0 Å². The van der Waals surface area contributed by atoms with Crippen LogP contribution in [0.15, 0.2) is 65.8 Å². The summed E-state index contributed by atoms with van der Waals surface area (Å²) in [6.45, 7) is 4.10. The third-order valence-electron chi connectivity index (χ3n) is 4.72. The standard InChI is InChI=1S/C19H20O/c1-13-14(2)19(20)18(16-11-7-4-8-12-16)17(13)15-9-5-3-6-10-15/h3-11,16-18H,12H2,1-2H3/t16-,17-,18+/m0/s1. The summed E-state index contributed by atoms with van der Waals surface area (Å²) in [5.41, 5.74) is 3.48. The topological polar surface area (TPSA) is 17.1 Å². The molecule has 3 rings (SSSR count). The Morgan fingerprint density at radius 3 is 2.45 bits per heavy atom. The number of carbonyl (C=O) groups excluding carboxylic acids is 1. The highest BCUT2D eigenvalue weighted by Crippen LogP contribution is 2.46. The first kappa shape index (κ1) is 13.1. The fraction of sp³-hybridized carbons (Fsp3) is 0.316. The van der Waals surface area contributed by atoms with Crippen LogP contribution in [0.1, 0.15) is 31.7 Å². The van der Waals surface area contributed by atoms with Crippen LogP contribution in [0.2, 0.25) is 0 Å². The molecule has 0 aliphatic heterocycles. The minimum absolute atomic E-state index is 0.0681. The molecule has 1 aromatic carbocycles. The zero-order valence-electron chi connectivity index (χ0n) is 12.0. The zero-order chi connectivity index (χ0) is 14.1. The first-order chi connectivity index (χ1) is 9.70. The van der Waals surface area contributed by atoms with Gasteiger partial charge in [-0.05, 0) is 37.3 Å². The van der Waals surface area contributed by atoms with Crippen molar-refractivity contribution in [1.29, 1.82) is 0 Å². The van der Waals surface area contributed by atoms with Gasteiger partial charge in [-0.25, -0.2) is 0 Å². The normalized spacial score (nSPS) is 29.3. The van der Waals surface area contributed by atoms with E-state index in [0.717, 1.165) is 12.0 Å². The highest BCUT2D eigenvalue weighted by Gasteiger charge is 2.42. The van der Waals surface area contributed by atoms with Gasteiger partial charge in [0.25, 0.3) is 0 Å². The van der Waals surface area contributed by atoms with Crippen molar-refractivity contribution >= 4 is 5.78 Å². The molecule has 1 heteroatoms. The Labute approximate surface area is 120 Å². The van der Waals surface area contributed by atoms with Crippen LogP contribution in [0.5, 0.6) is 0 Å². The van der Waals surface area contributed by atoms with Gasteiger partial charge >= 0.3 is 0 Å². The minimum atomic E-state index is 0.0681. The summed E-state index contributed by atoms with van der Waals surface area (Å²) in [7, 11) is 0. The van der Waals surface area contributed by atoms with E-state index < -0.39 is 0 Å². The number of Topliss-reactive ketones (excluding diaryl/α,β-unsaturated/α-hetero) is 1. The van der Waals surface area contributed by atoms with Gasteiger partial charge in [0.05, 0.1) is 0 Å². The molecule has 0 saturated carbocycles. The second-order valence-electron chi connectivity index (χ2n) is 5.80. The Morgan fingerprint density at radius 2 is 1.80 bits per heavy atom. The van der Waals surface area contributed by atoms with E-state index in [-0.39, 0.29) is 11.8 Å². The second-order valence-corrected chi connectivity index (χ2v) is 5.80. The third-order valence-corrected chi connectivity index (χ3v) is 4.72. The van der Waals surface area contributed by atoms with Gasteiger partial charge in [0.2, 0.25) is 0 Å². The molecule has 0 bridgehead atoms. The Bertz CT molecular complexity index is 604. The van der Waals surface area contributed by atoms with Crippen molar-refractivity contribution < 1.29 is 4.79 Å². The van der Waals surface area contributed by atoms with Crippen molar-refractivity contribution in [2.45, 2.75) is 26.2 Å². The van der Waals surface area contributed by atoms with Crippen molar-refractivity contribution in [3.8, 4) is 0 Å². The van der Waals surface area contributed by atoms with E-state index in [2.05, 4.69) is 55.5 Å². The fourth-order valence-electron chi connectivity index (χ4n) is 3.52. The molecule has 0 unspecified atom stereocenters. The average Bonchev–Trinajstić information content (AvgIpc) is 2.73. The van der Waals surface area contributed by atoms with Crippen molar-refractivity contribution in [3.05, 3.63) is 71.3 Å². The molecular weight excluding hydrogens is 244 g/mol. The summed E-state index contributed by atoms with van der Waals surface area (Å²) < 4.78 is 0. The lowest BCUT2D eigenvalue weighted by Crippen LogP contribution is -2.25. The lowest BCUT2D eigenvalue weighted by Gasteiger charge is -2.27. The lowest BCUT2D eigenvalue weighted by atomic mass is 9.75. The lowest BCUT2D eigenvalue weighted by molar-refractivity contribution is -0.119. The van der Waals surface area contributed by atoms with Crippen LogP contribution in [0.4, 0.5) is 0 Å². The Hall–Kier alpha value is -1.89. The van der Waals surface area contributed by atoms with Crippen LogP contribution in [0.3, 0.4) is 0 Å². The highest BCUT2D eigenvalue weighted by molar-refractivity contribution is 6.01. The van der Waals surface area contributed by atoms with Crippen molar-refractivity contribution in [2.24, 2.45) is 11.8 Å². The molecule has 2 aliphatic carbocycles. The molecule has 1 nitrogen and oxygen atoms in total. The van der Waals surface area contributed by atoms with Crippen molar-refractivity contribution in [2.75, 3.05) is 0 Å². The van der Waals surface area contributed by atoms with Crippen molar-refractivity contribution in [3.63, 3.8) is 0 Å². The Kier molecular flexibility index (Phi) is 3.43. The number of allylic oxidation sites excluding steroid dienone is 6. The molecule has 0 aromatic heterocycles. The van der Waals surface area contributed by atoms with E-state index in [9.17, 15) is 4.79 Å². The zero-order valence-corrected chi connectivity index (χ0v) is 12.0. The molecule has 0 fully saturated rings. The van der Waals surface area contributed by atoms with Crippen molar-refractivity contribution in [1.82, 2.24) is 0 Å². The maximum atomic E-state index is 12.7. The first-order valence-corrected chi connectivity index (χ1v) is 7.30.